The van der Waals surface area contributed by atoms with Crippen molar-refractivity contribution in [2.45, 2.75) is 26.2 Å². The molecule has 0 radical (unpaired) electrons. The van der Waals surface area contributed by atoms with Crippen molar-refractivity contribution in [3.8, 4) is 5.75 Å². The van der Waals surface area contributed by atoms with Crippen LogP contribution in [0.1, 0.15) is 26.3 Å². The van der Waals surface area contributed by atoms with Gasteiger partial charge in [0.2, 0.25) is 0 Å². The first-order valence-electron chi connectivity index (χ1n) is 5.63. The number of hydrogen-bond acceptors (Lipinski definition) is 2. The molecular weight excluding hydrogens is 214 g/mol. The summed E-state index contributed by atoms with van der Waals surface area (Å²) in [7, 11) is 1.60. The molecule has 0 amide bonds. The Morgan fingerprint density at radius 3 is 2.47 bits per heavy atom. The van der Waals surface area contributed by atoms with E-state index in [1.807, 2.05) is 12.1 Å². The molecule has 0 atom stereocenters. The van der Waals surface area contributed by atoms with Crippen LogP contribution in [0.2, 0.25) is 0 Å². The Bertz CT molecular complexity index is 606. The molecule has 0 saturated heterocycles. The Balaban J connectivity index is 2.83. The summed E-state index contributed by atoms with van der Waals surface area (Å²) in [5.41, 5.74) is 1.05. The highest BCUT2D eigenvalue weighted by molar-refractivity contribution is 5.86. The van der Waals surface area contributed by atoms with E-state index in [9.17, 15) is 4.79 Å². The van der Waals surface area contributed by atoms with Gasteiger partial charge in [-0.25, -0.2) is 0 Å². The lowest BCUT2D eigenvalue weighted by Gasteiger charge is -2.20. The monoisotopic (exact) mass is 231 g/mol. The van der Waals surface area contributed by atoms with Crippen molar-refractivity contribution in [2.24, 2.45) is 0 Å². The second-order valence-electron chi connectivity index (χ2n) is 5.19. The minimum absolute atomic E-state index is 0.00294. The molecule has 1 heterocycles. The van der Waals surface area contributed by atoms with Crippen molar-refractivity contribution >= 4 is 10.8 Å². The predicted molar refractivity (Wildman–Crippen MR) is 69.8 cm³/mol. The van der Waals surface area contributed by atoms with Gasteiger partial charge in [-0.2, -0.15) is 0 Å². The fourth-order valence-electron chi connectivity index (χ4n) is 1.99. The number of fused-ring (bicyclic) bond motifs is 1. The van der Waals surface area contributed by atoms with Crippen LogP contribution >= 0.6 is 0 Å². The van der Waals surface area contributed by atoms with Gasteiger partial charge in [0.25, 0.3) is 5.56 Å². The zero-order valence-electron chi connectivity index (χ0n) is 10.6. The van der Waals surface area contributed by atoms with Crippen LogP contribution in [-0.4, -0.2) is 12.1 Å². The summed E-state index contributed by atoms with van der Waals surface area (Å²) >= 11 is 0. The number of pyridine rings is 1. The van der Waals surface area contributed by atoms with Gasteiger partial charge in [0.1, 0.15) is 5.75 Å². The van der Waals surface area contributed by atoms with Gasteiger partial charge in [0, 0.05) is 6.20 Å². The van der Waals surface area contributed by atoms with Crippen molar-refractivity contribution in [2.75, 3.05) is 7.11 Å². The van der Waals surface area contributed by atoms with Crippen molar-refractivity contribution in [3.63, 3.8) is 0 Å². The second kappa shape index (κ2) is 3.91. The number of rotatable bonds is 1. The smallest absolute Gasteiger partial charge is 0.255 e. The SMILES string of the molecule is COc1ccc2c(C(C)(C)C)c[nH]c(=O)c2c1. The summed E-state index contributed by atoms with van der Waals surface area (Å²) in [6.45, 7) is 6.39. The van der Waals surface area contributed by atoms with E-state index in [1.54, 1.807) is 19.4 Å². The number of nitrogens with one attached hydrogen (secondary N) is 1. The standard InChI is InChI=1S/C14H17NO2/c1-14(2,3)12-8-15-13(16)11-7-9(17-4)5-6-10(11)12/h5-8H,1-4H3,(H,15,16). The Morgan fingerprint density at radius 1 is 1.18 bits per heavy atom. The molecule has 0 saturated carbocycles. The van der Waals surface area contributed by atoms with Crippen LogP contribution in [0.15, 0.2) is 29.2 Å². The Morgan fingerprint density at radius 2 is 1.88 bits per heavy atom. The third-order valence-corrected chi connectivity index (χ3v) is 2.92. The maximum Gasteiger partial charge on any atom is 0.255 e. The molecule has 2 aromatic rings. The van der Waals surface area contributed by atoms with Crippen molar-refractivity contribution in [1.29, 1.82) is 0 Å². The normalized spacial score (nSPS) is 11.8. The van der Waals surface area contributed by atoms with E-state index in [4.69, 9.17) is 4.74 Å². The van der Waals surface area contributed by atoms with Gasteiger partial charge in [0.05, 0.1) is 12.5 Å². The summed E-state index contributed by atoms with van der Waals surface area (Å²) in [5, 5.41) is 1.67. The van der Waals surface area contributed by atoms with Gasteiger partial charge in [-0.05, 0) is 28.5 Å². The fraction of sp³-hybridized carbons (Fsp3) is 0.357. The Kier molecular flexibility index (Phi) is 2.69. The quantitative estimate of drug-likeness (QED) is 0.820. The predicted octanol–water partition coefficient (Wildman–Crippen LogP) is 2.83. The number of benzene rings is 1. The molecule has 3 heteroatoms. The Labute approximate surface area is 100 Å². The number of aromatic nitrogens is 1. The lowest BCUT2D eigenvalue weighted by Crippen LogP contribution is -2.16. The van der Waals surface area contributed by atoms with E-state index in [0.717, 1.165) is 10.9 Å². The molecule has 0 spiro atoms. The number of methoxy groups -OCH3 is 1. The van der Waals surface area contributed by atoms with Crippen LogP contribution in [0.4, 0.5) is 0 Å². The highest BCUT2D eigenvalue weighted by Gasteiger charge is 2.18. The molecule has 1 aromatic heterocycles. The third kappa shape index (κ3) is 2.05. The molecule has 1 aromatic carbocycles. The molecule has 90 valence electrons. The first kappa shape index (κ1) is 11.7. The lowest BCUT2D eigenvalue weighted by atomic mass is 9.85. The maximum atomic E-state index is 11.8. The maximum absolute atomic E-state index is 11.8. The van der Waals surface area contributed by atoms with Gasteiger partial charge < -0.3 is 9.72 Å². The third-order valence-electron chi connectivity index (χ3n) is 2.92. The molecule has 0 unspecified atom stereocenters. The zero-order chi connectivity index (χ0) is 12.6. The zero-order valence-corrected chi connectivity index (χ0v) is 10.6. The van der Waals surface area contributed by atoms with E-state index in [1.165, 1.54) is 0 Å². The first-order chi connectivity index (χ1) is 7.93. The Hall–Kier alpha value is -1.77. The second-order valence-corrected chi connectivity index (χ2v) is 5.19. The molecule has 0 aliphatic carbocycles. The first-order valence-corrected chi connectivity index (χ1v) is 5.63. The topological polar surface area (TPSA) is 42.1 Å². The van der Waals surface area contributed by atoms with Crippen molar-refractivity contribution < 1.29 is 4.74 Å². The summed E-state index contributed by atoms with van der Waals surface area (Å²) < 4.78 is 5.15. The minimum atomic E-state index is -0.0769. The largest absolute Gasteiger partial charge is 0.497 e. The molecule has 0 fully saturated rings. The van der Waals surface area contributed by atoms with Crippen molar-refractivity contribution in [3.05, 3.63) is 40.3 Å². The van der Waals surface area contributed by atoms with Crippen LogP contribution in [0.3, 0.4) is 0 Å². The summed E-state index contributed by atoms with van der Waals surface area (Å²) in [6, 6.07) is 5.62. The van der Waals surface area contributed by atoms with E-state index in [-0.39, 0.29) is 11.0 Å². The summed E-state index contributed by atoms with van der Waals surface area (Å²) in [5.74, 6) is 0.703. The molecule has 1 N–H and O–H groups in total. The molecule has 2 rings (SSSR count). The number of ether oxygens (including phenoxy) is 1. The minimum Gasteiger partial charge on any atom is -0.497 e. The van der Waals surface area contributed by atoms with E-state index >= 15 is 0 Å². The van der Waals surface area contributed by atoms with Crippen LogP contribution in [-0.2, 0) is 5.41 Å². The van der Waals surface area contributed by atoms with Gasteiger partial charge in [-0.3, -0.25) is 4.79 Å². The van der Waals surface area contributed by atoms with Crippen LogP contribution in [0, 0.1) is 0 Å². The number of aromatic amines is 1. The summed E-state index contributed by atoms with van der Waals surface area (Å²) in [6.07, 6.45) is 1.80. The molecule has 0 bridgehead atoms. The van der Waals surface area contributed by atoms with E-state index in [0.29, 0.717) is 11.1 Å². The molecular formula is C14H17NO2. The highest BCUT2D eigenvalue weighted by Crippen LogP contribution is 2.29. The average molecular weight is 231 g/mol. The van der Waals surface area contributed by atoms with Crippen LogP contribution in [0.25, 0.3) is 10.8 Å². The lowest BCUT2D eigenvalue weighted by molar-refractivity contribution is 0.415. The molecule has 3 nitrogen and oxygen atoms in total. The van der Waals surface area contributed by atoms with E-state index < -0.39 is 0 Å². The fourth-order valence-corrected chi connectivity index (χ4v) is 1.99. The van der Waals surface area contributed by atoms with E-state index in [2.05, 4.69) is 25.8 Å². The van der Waals surface area contributed by atoms with Crippen LogP contribution < -0.4 is 10.3 Å². The van der Waals surface area contributed by atoms with Gasteiger partial charge in [-0.1, -0.05) is 26.8 Å². The average Bonchev–Trinajstić information content (AvgIpc) is 2.27. The van der Waals surface area contributed by atoms with Gasteiger partial charge >= 0.3 is 0 Å². The highest BCUT2D eigenvalue weighted by atomic mass is 16.5. The number of H-pyrrole nitrogens is 1. The molecule has 0 aliphatic heterocycles. The van der Waals surface area contributed by atoms with Crippen LogP contribution in [0.5, 0.6) is 5.75 Å². The summed E-state index contributed by atoms with van der Waals surface area (Å²) in [4.78, 5) is 14.6. The molecule has 17 heavy (non-hydrogen) atoms. The van der Waals surface area contributed by atoms with Gasteiger partial charge in [-0.15, -0.1) is 0 Å². The van der Waals surface area contributed by atoms with Crippen molar-refractivity contribution in [1.82, 2.24) is 4.98 Å². The van der Waals surface area contributed by atoms with Gasteiger partial charge in [0.15, 0.2) is 0 Å². The molecule has 0 aliphatic rings. The number of hydrogen-bond donors (Lipinski definition) is 1.